The van der Waals surface area contributed by atoms with Crippen LogP contribution in [0.15, 0.2) is 24.3 Å². The summed E-state index contributed by atoms with van der Waals surface area (Å²) in [5.41, 5.74) is 0.437. The molecule has 3 N–H and O–H groups in total. The maximum Gasteiger partial charge on any atom is 0.211 e. The summed E-state index contributed by atoms with van der Waals surface area (Å²) in [7, 11) is -3.68. The lowest BCUT2D eigenvalue weighted by molar-refractivity contribution is 0.201. The fraction of sp³-hybridized carbons (Fsp3) is 0.250. The van der Waals surface area contributed by atoms with Crippen LogP contribution in [0, 0.1) is 0 Å². The lowest BCUT2D eigenvalue weighted by Crippen LogP contribution is -2.21. The molecule has 0 aliphatic carbocycles. The van der Waals surface area contributed by atoms with Crippen molar-refractivity contribution in [1.29, 1.82) is 0 Å². The highest BCUT2D eigenvalue weighted by atomic mass is 35.5. The molecular weight excluding hydrogens is 226 g/mol. The van der Waals surface area contributed by atoms with Crippen molar-refractivity contribution in [3.63, 3.8) is 0 Å². The van der Waals surface area contributed by atoms with E-state index < -0.39 is 21.9 Å². The molecule has 0 aliphatic rings. The van der Waals surface area contributed by atoms with Crippen LogP contribution in [0.2, 0.25) is 5.02 Å². The molecule has 0 aromatic heterocycles. The minimum atomic E-state index is -3.68. The molecule has 0 saturated carbocycles. The Morgan fingerprint density at radius 3 is 2.64 bits per heavy atom. The van der Waals surface area contributed by atoms with Gasteiger partial charge in [0.15, 0.2) is 0 Å². The minimum Gasteiger partial charge on any atom is -0.387 e. The highest BCUT2D eigenvalue weighted by molar-refractivity contribution is 7.89. The van der Waals surface area contributed by atoms with Crippen molar-refractivity contribution in [2.24, 2.45) is 5.14 Å². The van der Waals surface area contributed by atoms with Crippen LogP contribution in [0.25, 0.3) is 0 Å². The molecule has 0 spiro atoms. The summed E-state index contributed by atoms with van der Waals surface area (Å²) < 4.78 is 21.4. The largest absolute Gasteiger partial charge is 0.387 e. The van der Waals surface area contributed by atoms with E-state index >= 15 is 0 Å². The van der Waals surface area contributed by atoms with Crippen molar-refractivity contribution in [3.8, 4) is 0 Å². The summed E-state index contributed by atoms with van der Waals surface area (Å²) in [6, 6.07) is 6.35. The molecule has 0 saturated heterocycles. The maximum absolute atomic E-state index is 10.7. The fourth-order valence-electron chi connectivity index (χ4n) is 1.03. The minimum absolute atomic E-state index is 0.437. The first-order valence-electron chi connectivity index (χ1n) is 3.82. The van der Waals surface area contributed by atoms with Crippen molar-refractivity contribution in [2.75, 3.05) is 5.75 Å². The average molecular weight is 236 g/mol. The Morgan fingerprint density at radius 2 is 2.14 bits per heavy atom. The van der Waals surface area contributed by atoms with E-state index in [1.165, 1.54) is 6.07 Å². The van der Waals surface area contributed by atoms with Crippen LogP contribution in [0.5, 0.6) is 0 Å². The Hall–Kier alpha value is -0.620. The number of aliphatic hydroxyl groups excluding tert-OH is 1. The van der Waals surface area contributed by atoms with E-state index in [-0.39, 0.29) is 0 Å². The standard InChI is InChI=1S/C8H10ClNO3S/c9-7-3-1-2-6(4-7)8(11)5-14(10,12)13/h1-4,8,11H,5H2,(H2,10,12,13). The van der Waals surface area contributed by atoms with Crippen LogP contribution in [0.4, 0.5) is 0 Å². The zero-order valence-electron chi connectivity index (χ0n) is 7.22. The zero-order valence-corrected chi connectivity index (χ0v) is 8.79. The number of benzene rings is 1. The molecule has 1 unspecified atom stereocenters. The summed E-state index contributed by atoms with van der Waals surface area (Å²) >= 11 is 5.67. The normalized spacial score (nSPS) is 13.9. The fourth-order valence-corrected chi connectivity index (χ4v) is 1.86. The van der Waals surface area contributed by atoms with Gasteiger partial charge in [0.1, 0.15) is 0 Å². The van der Waals surface area contributed by atoms with Crippen LogP contribution in [0.3, 0.4) is 0 Å². The molecule has 4 nitrogen and oxygen atoms in total. The number of sulfonamides is 1. The molecular formula is C8H10ClNO3S. The Balaban J connectivity index is 2.85. The lowest BCUT2D eigenvalue weighted by atomic mass is 10.1. The first kappa shape index (κ1) is 11.5. The van der Waals surface area contributed by atoms with Crippen molar-refractivity contribution in [3.05, 3.63) is 34.9 Å². The van der Waals surface area contributed by atoms with Gasteiger partial charge in [0, 0.05) is 5.02 Å². The molecule has 0 aliphatic heterocycles. The van der Waals surface area contributed by atoms with Gasteiger partial charge in [0.25, 0.3) is 0 Å². The van der Waals surface area contributed by atoms with Crippen LogP contribution in [-0.2, 0) is 10.0 Å². The molecule has 78 valence electrons. The van der Waals surface area contributed by atoms with Crippen molar-refractivity contribution >= 4 is 21.6 Å². The van der Waals surface area contributed by atoms with Gasteiger partial charge in [-0.25, -0.2) is 13.6 Å². The number of hydrogen-bond acceptors (Lipinski definition) is 3. The molecule has 14 heavy (non-hydrogen) atoms. The van der Waals surface area contributed by atoms with Crippen molar-refractivity contribution in [1.82, 2.24) is 0 Å². The van der Waals surface area contributed by atoms with Crippen LogP contribution in [0.1, 0.15) is 11.7 Å². The van der Waals surface area contributed by atoms with E-state index in [1.807, 2.05) is 0 Å². The summed E-state index contributed by atoms with van der Waals surface area (Å²) in [6.07, 6.45) is -1.14. The molecule has 0 amide bonds. The SMILES string of the molecule is NS(=O)(=O)CC(O)c1cccc(Cl)c1. The van der Waals surface area contributed by atoms with E-state index in [4.69, 9.17) is 16.7 Å². The molecule has 1 aromatic rings. The number of hydrogen-bond donors (Lipinski definition) is 2. The smallest absolute Gasteiger partial charge is 0.211 e. The number of aliphatic hydroxyl groups is 1. The van der Waals surface area contributed by atoms with Crippen LogP contribution in [-0.4, -0.2) is 19.3 Å². The van der Waals surface area contributed by atoms with E-state index in [0.29, 0.717) is 10.6 Å². The molecule has 0 fully saturated rings. The Morgan fingerprint density at radius 1 is 1.50 bits per heavy atom. The number of halogens is 1. The third kappa shape index (κ3) is 3.63. The number of rotatable bonds is 3. The first-order valence-corrected chi connectivity index (χ1v) is 5.92. The third-order valence-electron chi connectivity index (χ3n) is 1.62. The van der Waals surface area contributed by atoms with E-state index in [0.717, 1.165) is 0 Å². The van der Waals surface area contributed by atoms with Gasteiger partial charge >= 0.3 is 0 Å². The summed E-state index contributed by atoms with van der Waals surface area (Å²) in [6.45, 7) is 0. The van der Waals surface area contributed by atoms with Gasteiger partial charge < -0.3 is 5.11 Å². The molecule has 6 heteroatoms. The second-order valence-electron chi connectivity index (χ2n) is 2.90. The summed E-state index contributed by atoms with van der Waals surface area (Å²) in [5.74, 6) is -0.507. The quantitative estimate of drug-likeness (QED) is 0.808. The predicted octanol–water partition coefficient (Wildman–Crippen LogP) is 0.662. The Labute approximate surface area is 87.4 Å². The summed E-state index contributed by atoms with van der Waals surface area (Å²) in [5, 5.41) is 14.7. The number of nitrogens with two attached hydrogens (primary N) is 1. The van der Waals surface area contributed by atoms with E-state index in [9.17, 15) is 13.5 Å². The van der Waals surface area contributed by atoms with Crippen molar-refractivity contribution < 1.29 is 13.5 Å². The van der Waals surface area contributed by atoms with Crippen LogP contribution >= 0.6 is 11.6 Å². The predicted molar refractivity (Wildman–Crippen MR) is 54.4 cm³/mol. The van der Waals surface area contributed by atoms with Gasteiger partial charge in [-0.1, -0.05) is 23.7 Å². The molecule has 0 radical (unpaired) electrons. The topological polar surface area (TPSA) is 80.4 Å². The highest BCUT2D eigenvalue weighted by Gasteiger charge is 2.14. The molecule has 1 rings (SSSR count). The average Bonchev–Trinajstić information content (AvgIpc) is 2.01. The monoisotopic (exact) mass is 235 g/mol. The third-order valence-corrected chi connectivity index (χ3v) is 2.64. The van der Waals surface area contributed by atoms with Gasteiger partial charge in [-0.3, -0.25) is 0 Å². The summed E-state index contributed by atoms with van der Waals surface area (Å²) in [4.78, 5) is 0. The van der Waals surface area contributed by atoms with E-state index in [2.05, 4.69) is 0 Å². The highest BCUT2D eigenvalue weighted by Crippen LogP contribution is 2.18. The van der Waals surface area contributed by atoms with Gasteiger partial charge in [-0.15, -0.1) is 0 Å². The van der Waals surface area contributed by atoms with Gasteiger partial charge in [-0.2, -0.15) is 0 Å². The molecule has 1 aromatic carbocycles. The molecule has 1 atom stereocenters. The Kier molecular flexibility index (Phi) is 3.49. The van der Waals surface area contributed by atoms with Gasteiger partial charge in [-0.05, 0) is 17.7 Å². The van der Waals surface area contributed by atoms with Crippen molar-refractivity contribution in [2.45, 2.75) is 6.10 Å². The second kappa shape index (κ2) is 4.27. The second-order valence-corrected chi connectivity index (χ2v) is 5.00. The zero-order chi connectivity index (χ0) is 10.8. The molecule has 0 bridgehead atoms. The first-order chi connectivity index (χ1) is 6.38. The van der Waals surface area contributed by atoms with Gasteiger partial charge in [0.05, 0.1) is 11.9 Å². The molecule has 0 heterocycles. The maximum atomic E-state index is 10.7. The Bertz CT molecular complexity index is 418. The number of primary sulfonamides is 1. The van der Waals surface area contributed by atoms with E-state index in [1.54, 1.807) is 18.2 Å². The van der Waals surface area contributed by atoms with Gasteiger partial charge in [0.2, 0.25) is 10.0 Å². The van der Waals surface area contributed by atoms with Crippen LogP contribution < -0.4 is 5.14 Å². The lowest BCUT2D eigenvalue weighted by Gasteiger charge is -2.09.